The number of para-hydroxylation sites is 1. The zero-order chi connectivity index (χ0) is 22.2. The maximum Gasteiger partial charge on any atom is 0.420 e. The molecule has 5 rings (SSSR count). The first-order valence-corrected chi connectivity index (χ1v) is 9.91. The molecule has 0 N–H and O–H groups in total. The lowest BCUT2D eigenvalue weighted by molar-refractivity contribution is -0.137. The summed E-state index contributed by atoms with van der Waals surface area (Å²) in [6.07, 6.45) is -2.92. The number of halogens is 3. The van der Waals surface area contributed by atoms with Gasteiger partial charge >= 0.3 is 6.18 Å². The fourth-order valence-corrected chi connectivity index (χ4v) is 4.94. The fourth-order valence-electron chi connectivity index (χ4n) is 4.94. The summed E-state index contributed by atoms with van der Waals surface area (Å²) < 4.78 is 54.3. The lowest BCUT2D eigenvalue weighted by atomic mass is 9.77. The molecular formula is C24H21F3N2O2. The van der Waals surface area contributed by atoms with E-state index < -0.39 is 22.9 Å². The van der Waals surface area contributed by atoms with E-state index in [1.54, 1.807) is 24.4 Å². The number of nitrogens with zero attached hydrogens (tertiary/aromatic N) is 2. The molecule has 0 fully saturated rings. The highest BCUT2D eigenvalue weighted by Gasteiger charge is 2.59. The van der Waals surface area contributed by atoms with Crippen molar-refractivity contribution in [2.75, 3.05) is 19.1 Å². The van der Waals surface area contributed by atoms with Crippen molar-refractivity contribution >= 4 is 28.4 Å². The van der Waals surface area contributed by atoms with Gasteiger partial charge in [0.15, 0.2) is 11.5 Å². The van der Waals surface area contributed by atoms with E-state index in [0.717, 1.165) is 11.3 Å². The molecule has 0 radical (unpaired) electrons. The number of fused-ring (bicyclic) bond motifs is 4. The minimum atomic E-state index is -4.63. The second-order valence-corrected chi connectivity index (χ2v) is 8.39. The van der Waals surface area contributed by atoms with Gasteiger partial charge in [-0.25, -0.2) is 0 Å². The zero-order valence-corrected chi connectivity index (χ0v) is 17.5. The minimum Gasteiger partial charge on any atom is -0.492 e. The number of methoxy groups -OCH3 is 1. The summed E-state index contributed by atoms with van der Waals surface area (Å²) in [7, 11) is 3.09. The van der Waals surface area contributed by atoms with Crippen LogP contribution >= 0.6 is 0 Å². The molecule has 3 aromatic carbocycles. The van der Waals surface area contributed by atoms with Crippen molar-refractivity contribution in [2.24, 2.45) is 4.99 Å². The Hall–Kier alpha value is -3.22. The van der Waals surface area contributed by atoms with Crippen molar-refractivity contribution in [2.45, 2.75) is 31.2 Å². The van der Waals surface area contributed by atoms with Gasteiger partial charge in [-0.1, -0.05) is 42.5 Å². The highest BCUT2D eigenvalue weighted by molar-refractivity contribution is 6.04. The van der Waals surface area contributed by atoms with Crippen LogP contribution in [0.5, 0.6) is 11.5 Å². The highest BCUT2D eigenvalue weighted by atomic mass is 19.4. The summed E-state index contributed by atoms with van der Waals surface area (Å²) >= 11 is 0. The van der Waals surface area contributed by atoms with Gasteiger partial charge in [-0.3, -0.25) is 4.99 Å². The molecule has 0 aliphatic carbocycles. The Kier molecular flexibility index (Phi) is 3.92. The lowest BCUT2D eigenvalue weighted by Crippen LogP contribution is -2.61. The van der Waals surface area contributed by atoms with Crippen molar-refractivity contribution in [3.8, 4) is 11.5 Å². The summed E-state index contributed by atoms with van der Waals surface area (Å²) in [4.78, 5) is 6.61. The third kappa shape index (κ3) is 2.40. The first-order valence-electron chi connectivity index (χ1n) is 9.91. The molecule has 0 saturated carbocycles. The van der Waals surface area contributed by atoms with Crippen LogP contribution in [0.25, 0.3) is 10.8 Å². The Labute approximate surface area is 177 Å². The monoisotopic (exact) mass is 426 g/mol. The molecule has 7 heteroatoms. The first-order chi connectivity index (χ1) is 14.6. The fraction of sp³-hybridized carbons (Fsp3) is 0.292. The van der Waals surface area contributed by atoms with Gasteiger partial charge in [-0.2, -0.15) is 13.2 Å². The number of likely N-dealkylation sites (N-methyl/N-ethyl adjacent to an activating group) is 1. The molecule has 1 unspecified atom stereocenters. The average Bonchev–Trinajstić information content (AvgIpc) is 2.90. The molecule has 0 bridgehead atoms. The molecular weight excluding hydrogens is 405 g/mol. The second-order valence-electron chi connectivity index (χ2n) is 8.39. The topological polar surface area (TPSA) is 34.1 Å². The van der Waals surface area contributed by atoms with Gasteiger partial charge in [-0.15, -0.1) is 0 Å². The number of aliphatic imine (C=N–C) groups is 1. The second kappa shape index (κ2) is 6.15. The van der Waals surface area contributed by atoms with Crippen molar-refractivity contribution in [3.05, 3.63) is 59.7 Å². The molecule has 2 aliphatic heterocycles. The van der Waals surface area contributed by atoms with Gasteiger partial charge in [-0.05, 0) is 25.5 Å². The molecule has 160 valence electrons. The molecule has 1 spiro atoms. The van der Waals surface area contributed by atoms with Gasteiger partial charge in [0.2, 0.25) is 5.72 Å². The standard InChI is InChI=1S/C24H21F3N2O2/c1-22(2)16-11-7-8-12-17(16)29(3)23(22)13-28-19-15-10-6-5-9-14(15)18(24(25,26)27)20(30-4)21(19)31-23/h5-13H,1-4H3. The largest absolute Gasteiger partial charge is 0.492 e. The van der Waals surface area contributed by atoms with Crippen LogP contribution < -0.4 is 14.4 Å². The Morgan fingerprint density at radius 2 is 1.65 bits per heavy atom. The summed E-state index contributed by atoms with van der Waals surface area (Å²) in [5.41, 5.74) is -0.239. The predicted octanol–water partition coefficient (Wildman–Crippen LogP) is 6.09. The van der Waals surface area contributed by atoms with E-state index in [1.165, 1.54) is 13.2 Å². The minimum absolute atomic E-state index is 0.00348. The van der Waals surface area contributed by atoms with Crippen LogP contribution in [0.15, 0.2) is 53.5 Å². The quantitative estimate of drug-likeness (QED) is 0.473. The maximum absolute atomic E-state index is 14.2. The zero-order valence-electron chi connectivity index (χ0n) is 17.5. The van der Waals surface area contributed by atoms with Gasteiger partial charge in [0.25, 0.3) is 0 Å². The Morgan fingerprint density at radius 1 is 1.00 bits per heavy atom. The van der Waals surface area contributed by atoms with Crippen LogP contribution in [0.2, 0.25) is 0 Å². The van der Waals surface area contributed by atoms with E-state index >= 15 is 0 Å². The molecule has 0 aromatic heterocycles. The van der Waals surface area contributed by atoms with Crippen molar-refractivity contribution in [1.29, 1.82) is 0 Å². The van der Waals surface area contributed by atoms with Crippen LogP contribution in [-0.2, 0) is 11.6 Å². The van der Waals surface area contributed by atoms with Crippen molar-refractivity contribution in [1.82, 2.24) is 0 Å². The third-order valence-corrected chi connectivity index (χ3v) is 6.55. The molecule has 2 heterocycles. The highest BCUT2D eigenvalue weighted by Crippen LogP contribution is 2.58. The molecule has 1 atom stereocenters. The van der Waals surface area contributed by atoms with Crippen LogP contribution in [0.4, 0.5) is 24.5 Å². The Balaban J connectivity index is 1.82. The van der Waals surface area contributed by atoms with Gasteiger partial charge < -0.3 is 14.4 Å². The van der Waals surface area contributed by atoms with Gasteiger partial charge in [0.1, 0.15) is 11.3 Å². The molecule has 0 amide bonds. The smallest absolute Gasteiger partial charge is 0.420 e. The van der Waals surface area contributed by atoms with Crippen LogP contribution in [-0.4, -0.2) is 26.1 Å². The molecule has 2 aliphatic rings. The normalized spacial score (nSPS) is 21.2. The van der Waals surface area contributed by atoms with E-state index in [-0.39, 0.29) is 16.9 Å². The predicted molar refractivity (Wildman–Crippen MR) is 115 cm³/mol. The average molecular weight is 426 g/mol. The maximum atomic E-state index is 14.2. The number of hydrogen-bond acceptors (Lipinski definition) is 4. The number of benzene rings is 3. The SMILES string of the molecule is COc1c2c(c3ccccc3c1C(F)(F)F)N=CC1(O2)N(C)c2ccccc2C1(C)C. The molecule has 3 aromatic rings. The van der Waals surface area contributed by atoms with Crippen LogP contribution in [0.1, 0.15) is 25.0 Å². The number of ether oxygens (including phenoxy) is 2. The molecule has 0 saturated heterocycles. The van der Waals surface area contributed by atoms with Crippen LogP contribution in [0.3, 0.4) is 0 Å². The van der Waals surface area contributed by atoms with Crippen molar-refractivity contribution in [3.63, 3.8) is 0 Å². The number of alkyl halides is 3. The van der Waals surface area contributed by atoms with E-state index in [9.17, 15) is 13.2 Å². The lowest BCUT2D eigenvalue weighted by Gasteiger charge is -2.45. The summed E-state index contributed by atoms with van der Waals surface area (Å²) in [5, 5.41) is 0.400. The number of anilines is 1. The Morgan fingerprint density at radius 3 is 2.29 bits per heavy atom. The first kappa shape index (κ1) is 19.7. The number of rotatable bonds is 1. The summed E-state index contributed by atoms with van der Waals surface area (Å²) in [6, 6.07) is 14.2. The third-order valence-electron chi connectivity index (χ3n) is 6.55. The van der Waals surface area contributed by atoms with E-state index in [0.29, 0.717) is 11.1 Å². The Bertz CT molecular complexity index is 1250. The van der Waals surface area contributed by atoms with Crippen molar-refractivity contribution < 1.29 is 22.6 Å². The van der Waals surface area contributed by atoms with Crippen LogP contribution in [0, 0.1) is 0 Å². The van der Waals surface area contributed by atoms with Gasteiger partial charge in [0.05, 0.1) is 18.7 Å². The summed E-state index contributed by atoms with van der Waals surface area (Å²) in [5.74, 6) is -0.346. The molecule has 4 nitrogen and oxygen atoms in total. The van der Waals surface area contributed by atoms with E-state index in [4.69, 9.17) is 9.47 Å². The molecule has 31 heavy (non-hydrogen) atoms. The van der Waals surface area contributed by atoms with Gasteiger partial charge in [0, 0.05) is 23.5 Å². The van der Waals surface area contributed by atoms with E-state index in [1.807, 2.05) is 50.1 Å². The number of hydrogen-bond donors (Lipinski definition) is 0. The van der Waals surface area contributed by atoms with E-state index in [2.05, 4.69) is 4.99 Å². The summed E-state index contributed by atoms with van der Waals surface area (Å²) in [6.45, 7) is 4.01.